The first-order valence-corrected chi connectivity index (χ1v) is 8.63. The second-order valence-electron chi connectivity index (χ2n) is 6.48. The first-order chi connectivity index (χ1) is 12.4. The van der Waals surface area contributed by atoms with Gasteiger partial charge in [0.1, 0.15) is 18.1 Å². The molecule has 1 saturated carbocycles. The van der Waals surface area contributed by atoms with Crippen LogP contribution in [0.5, 0.6) is 11.5 Å². The topological polar surface area (TPSA) is 62.1 Å². The van der Waals surface area contributed by atoms with Crippen LogP contribution in [0.15, 0.2) is 42.5 Å². The lowest BCUT2D eigenvalue weighted by atomic mass is 10.0. The monoisotopic (exact) mass is 334 g/mol. The lowest BCUT2D eigenvalue weighted by Gasteiger charge is -2.12. The van der Waals surface area contributed by atoms with Crippen LogP contribution < -0.4 is 9.47 Å². The van der Waals surface area contributed by atoms with Crippen LogP contribution >= 0.6 is 0 Å². The van der Waals surface area contributed by atoms with Gasteiger partial charge in [-0.15, -0.1) is 5.10 Å². The molecule has 0 spiro atoms. The highest BCUT2D eigenvalue weighted by molar-refractivity contribution is 5.72. The molecule has 6 nitrogen and oxygen atoms in total. The normalized spacial score (nSPS) is 15.7. The van der Waals surface area contributed by atoms with Crippen molar-refractivity contribution < 1.29 is 9.47 Å². The number of aromatic nitrogens is 4. The zero-order valence-corrected chi connectivity index (χ0v) is 13.8. The van der Waals surface area contributed by atoms with E-state index in [-0.39, 0.29) is 0 Å². The van der Waals surface area contributed by atoms with Crippen LogP contribution in [0.4, 0.5) is 0 Å². The second-order valence-corrected chi connectivity index (χ2v) is 6.48. The number of ether oxygens (including phenoxy) is 2. The summed E-state index contributed by atoms with van der Waals surface area (Å²) in [4.78, 5) is 0. The fourth-order valence-corrected chi connectivity index (χ4v) is 3.24. The van der Waals surface area contributed by atoms with E-state index in [0.29, 0.717) is 12.6 Å². The fourth-order valence-electron chi connectivity index (χ4n) is 3.24. The van der Waals surface area contributed by atoms with Crippen LogP contribution in [0.25, 0.3) is 11.1 Å². The van der Waals surface area contributed by atoms with Gasteiger partial charge < -0.3 is 9.47 Å². The fraction of sp³-hybridized carbons (Fsp3) is 0.316. The Balaban J connectivity index is 1.41. The zero-order chi connectivity index (χ0) is 16.6. The number of fused-ring (bicyclic) bond motifs is 1. The van der Waals surface area contributed by atoms with E-state index in [9.17, 15) is 0 Å². The van der Waals surface area contributed by atoms with Gasteiger partial charge in [-0.05, 0) is 52.6 Å². The molecule has 2 aromatic carbocycles. The van der Waals surface area contributed by atoms with Gasteiger partial charge in [-0.1, -0.05) is 24.3 Å². The van der Waals surface area contributed by atoms with E-state index >= 15 is 0 Å². The van der Waals surface area contributed by atoms with E-state index in [1.165, 1.54) is 5.56 Å². The maximum Gasteiger partial charge on any atom is 0.189 e. The number of benzene rings is 2. The smallest absolute Gasteiger partial charge is 0.189 e. The van der Waals surface area contributed by atoms with Crippen molar-refractivity contribution >= 4 is 0 Å². The van der Waals surface area contributed by atoms with Gasteiger partial charge in [0.2, 0.25) is 0 Å². The summed E-state index contributed by atoms with van der Waals surface area (Å²) in [6, 6.07) is 14.8. The average Bonchev–Trinajstić information content (AvgIpc) is 3.20. The van der Waals surface area contributed by atoms with E-state index in [4.69, 9.17) is 9.47 Å². The van der Waals surface area contributed by atoms with Crippen LogP contribution in [0.2, 0.25) is 0 Å². The lowest BCUT2D eigenvalue weighted by Crippen LogP contribution is -2.07. The number of para-hydroxylation sites is 1. The van der Waals surface area contributed by atoms with Crippen LogP contribution in [-0.2, 0) is 13.0 Å². The summed E-state index contributed by atoms with van der Waals surface area (Å²) in [6.45, 7) is 1.13. The molecule has 0 atom stereocenters. The largest absolute Gasteiger partial charge is 0.493 e. The van der Waals surface area contributed by atoms with Gasteiger partial charge in [0, 0.05) is 12.0 Å². The number of tetrazole rings is 1. The molecule has 1 aromatic heterocycles. The summed E-state index contributed by atoms with van der Waals surface area (Å²) in [7, 11) is 0. The van der Waals surface area contributed by atoms with Crippen molar-refractivity contribution in [2.24, 2.45) is 0 Å². The SMILES string of the molecule is c1ccc(-c2ccc3c(c2)CCO3)c(OCc2nnnn2C2CC2)c1. The molecule has 1 fully saturated rings. The van der Waals surface area contributed by atoms with Crippen molar-refractivity contribution in [2.75, 3.05) is 6.61 Å². The lowest BCUT2D eigenvalue weighted by molar-refractivity contribution is 0.287. The average molecular weight is 334 g/mol. The van der Waals surface area contributed by atoms with Crippen LogP contribution in [0, 0.1) is 0 Å². The Morgan fingerprint density at radius 3 is 3.00 bits per heavy atom. The Morgan fingerprint density at radius 2 is 2.08 bits per heavy atom. The van der Waals surface area contributed by atoms with Crippen molar-refractivity contribution in [1.82, 2.24) is 20.2 Å². The quantitative estimate of drug-likeness (QED) is 0.717. The first-order valence-electron chi connectivity index (χ1n) is 8.63. The summed E-state index contributed by atoms with van der Waals surface area (Å²) in [5.74, 6) is 2.61. The summed E-state index contributed by atoms with van der Waals surface area (Å²) in [5.41, 5.74) is 3.47. The van der Waals surface area contributed by atoms with Gasteiger partial charge in [-0.25, -0.2) is 4.68 Å². The Hall–Kier alpha value is -2.89. The molecule has 1 aliphatic heterocycles. The van der Waals surface area contributed by atoms with Crippen LogP contribution in [-0.4, -0.2) is 26.8 Å². The predicted molar refractivity (Wildman–Crippen MR) is 91.5 cm³/mol. The molecule has 5 rings (SSSR count). The third-order valence-electron chi connectivity index (χ3n) is 4.70. The Labute approximate surface area is 145 Å². The molecule has 0 amide bonds. The Kier molecular flexibility index (Phi) is 3.40. The van der Waals surface area contributed by atoms with Gasteiger partial charge in [0.15, 0.2) is 5.82 Å². The predicted octanol–water partition coefficient (Wildman–Crippen LogP) is 3.19. The number of nitrogens with zero attached hydrogens (tertiary/aromatic N) is 4. The van der Waals surface area contributed by atoms with Gasteiger partial charge >= 0.3 is 0 Å². The van der Waals surface area contributed by atoms with E-state index < -0.39 is 0 Å². The Morgan fingerprint density at radius 1 is 1.16 bits per heavy atom. The zero-order valence-electron chi connectivity index (χ0n) is 13.8. The van der Waals surface area contributed by atoms with E-state index in [1.807, 2.05) is 28.9 Å². The maximum atomic E-state index is 6.08. The van der Waals surface area contributed by atoms with Gasteiger partial charge in [0.05, 0.1) is 12.6 Å². The Bertz CT molecular complexity index is 917. The molecule has 25 heavy (non-hydrogen) atoms. The van der Waals surface area contributed by atoms with Crippen LogP contribution in [0.3, 0.4) is 0 Å². The molecule has 126 valence electrons. The molecular weight excluding hydrogens is 316 g/mol. The third-order valence-corrected chi connectivity index (χ3v) is 4.70. The summed E-state index contributed by atoms with van der Waals surface area (Å²) < 4.78 is 13.6. The molecule has 2 heterocycles. The van der Waals surface area contributed by atoms with Crippen molar-refractivity contribution in [1.29, 1.82) is 0 Å². The minimum absolute atomic E-state index is 0.370. The van der Waals surface area contributed by atoms with Crippen molar-refractivity contribution in [3.05, 3.63) is 53.9 Å². The van der Waals surface area contributed by atoms with Gasteiger partial charge in [-0.2, -0.15) is 0 Å². The highest BCUT2D eigenvalue weighted by Gasteiger charge is 2.27. The minimum Gasteiger partial charge on any atom is -0.493 e. The molecule has 6 heteroatoms. The highest BCUT2D eigenvalue weighted by atomic mass is 16.5. The van der Waals surface area contributed by atoms with Crippen molar-refractivity contribution in [3.8, 4) is 22.6 Å². The van der Waals surface area contributed by atoms with Crippen molar-refractivity contribution in [3.63, 3.8) is 0 Å². The maximum absolute atomic E-state index is 6.08. The molecule has 0 saturated heterocycles. The van der Waals surface area contributed by atoms with E-state index in [0.717, 1.165) is 54.3 Å². The van der Waals surface area contributed by atoms with E-state index in [1.54, 1.807) is 0 Å². The summed E-state index contributed by atoms with van der Waals surface area (Å²) in [5, 5.41) is 12.0. The molecule has 0 radical (unpaired) electrons. The number of rotatable bonds is 5. The van der Waals surface area contributed by atoms with Crippen LogP contribution in [0.1, 0.15) is 30.3 Å². The van der Waals surface area contributed by atoms with Gasteiger partial charge in [0.25, 0.3) is 0 Å². The molecule has 0 unspecified atom stereocenters. The van der Waals surface area contributed by atoms with Gasteiger partial charge in [-0.3, -0.25) is 0 Å². The first kappa shape index (κ1) is 14.5. The molecule has 2 aliphatic rings. The summed E-state index contributed by atoms with van der Waals surface area (Å²) in [6.07, 6.45) is 3.25. The molecule has 1 aliphatic carbocycles. The minimum atomic E-state index is 0.370. The number of hydrogen-bond acceptors (Lipinski definition) is 5. The molecule has 0 N–H and O–H groups in total. The van der Waals surface area contributed by atoms with E-state index in [2.05, 4.69) is 33.7 Å². The molecule has 3 aromatic rings. The standard InChI is InChI=1S/C19H18N4O2/c1-2-4-18(25-12-19-20-21-22-23(19)15-6-7-15)16(3-1)13-5-8-17-14(11-13)9-10-24-17/h1-5,8,11,15H,6-7,9-10,12H2. The van der Waals surface area contributed by atoms with Crippen molar-refractivity contribution in [2.45, 2.75) is 31.9 Å². The summed E-state index contributed by atoms with van der Waals surface area (Å²) >= 11 is 0. The molecule has 0 bridgehead atoms. The highest BCUT2D eigenvalue weighted by Crippen LogP contribution is 2.36. The third kappa shape index (κ3) is 2.73. The second kappa shape index (κ2) is 5.88. The number of hydrogen-bond donors (Lipinski definition) is 0. The molecular formula is C19H18N4O2.